The Morgan fingerprint density at radius 2 is 2.53 bits per heavy atom. The van der Waals surface area contributed by atoms with Crippen LogP contribution in [0.2, 0.25) is 0 Å². The highest BCUT2D eigenvalue weighted by Crippen LogP contribution is 2.19. The molecule has 0 radical (unpaired) electrons. The largest absolute Gasteiger partial charge is 0.378 e. The zero-order chi connectivity index (χ0) is 10.7. The Balaban J connectivity index is 1.94. The summed E-state index contributed by atoms with van der Waals surface area (Å²) in [5.41, 5.74) is 0.589. The number of Topliss-reactive ketones (excluding diaryl/α,β-unsaturated/α-hetero) is 1. The van der Waals surface area contributed by atoms with Crippen LogP contribution in [-0.4, -0.2) is 23.5 Å². The fraction of sp³-hybridized carbons (Fsp3) is 0.636. The van der Waals surface area contributed by atoms with Crippen LogP contribution in [0.15, 0.2) is 5.38 Å². The van der Waals surface area contributed by atoms with Gasteiger partial charge in [0.2, 0.25) is 0 Å². The third-order valence-corrected chi connectivity index (χ3v) is 3.46. The summed E-state index contributed by atoms with van der Waals surface area (Å²) < 4.78 is 5.63. The van der Waals surface area contributed by atoms with Gasteiger partial charge in [0.25, 0.3) is 0 Å². The highest BCUT2D eigenvalue weighted by Gasteiger charge is 2.16. The Bertz CT molecular complexity index is 342. The molecule has 2 heterocycles. The van der Waals surface area contributed by atoms with Crippen LogP contribution in [0.3, 0.4) is 0 Å². The summed E-state index contributed by atoms with van der Waals surface area (Å²) in [4.78, 5) is 15.4. The van der Waals surface area contributed by atoms with Crippen molar-refractivity contribution in [3.8, 4) is 0 Å². The van der Waals surface area contributed by atoms with Crippen molar-refractivity contribution < 1.29 is 9.53 Å². The van der Waals surface area contributed by atoms with Crippen LogP contribution in [0.4, 0.5) is 0 Å². The predicted molar refractivity (Wildman–Crippen MR) is 59.4 cm³/mol. The second kappa shape index (κ2) is 4.86. The first-order valence-corrected chi connectivity index (χ1v) is 6.20. The van der Waals surface area contributed by atoms with Gasteiger partial charge in [0.15, 0.2) is 5.78 Å². The molecule has 1 aliphatic heterocycles. The summed E-state index contributed by atoms with van der Waals surface area (Å²) in [7, 11) is 0. The van der Waals surface area contributed by atoms with E-state index < -0.39 is 0 Å². The summed E-state index contributed by atoms with van der Waals surface area (Å²) in [6, 6.07) is 0. The first kappa shape index (κ1) is 10.8. The van der Waals surface area contributed by atoms with Crippen molar-refractivity contribution in [1.29, 1.82) is 0 Å². The molecule has 3 nitrogen and oxygen atoms in total. The first-order chi connectivity index (χ1) is 7.25. The molecule has 1 unspecified atom stereocenters. The number of ether oxygens (including phenoxy) is 1. The molecule has 1 aliphatic rings. The summed E-state index contributed by atoms with van der Waals surface area (Å²) in [5.74, 6) is 0.0436. The van der Waals surface area contributed by atoms with Gasteiger partial charge >= 0.3 is 0 Å². The number of hydrogen-bond donors (Lipinski definition) is 0. The smallest absolute Gasteiger partial charge is 0.178 e. The van der Waals surface area contributed by atoms with Crippen LogP contribution in [0, 0.1) is 0 Å². The Morgan fingerprint density at radius 3 is 3.13 bits per heavy atom. The van der Waals surface area contributed by atoms with Gasteiger partial charge in [0.05, 0.1) is 11.1 Å². The van der Waals surface area contributed by atoms with Gasteiger partial charge in [-0.1, -0.05) is 0 Å². The van der Waals surface area contributed by atoms with E-state index in [1.54, 1.807) is 18.3 Å². The van der Waals surface area contributed by atoms with Crippen molar-refractivity contribution >= 4 is 17.1 Å². The zero-order valence-corrected chi connectivity index (χ0v) is 9.68. The fourth-order valence-corrected chi connectivity index (χ4v) is 2.63. The van der Waals surface area contributed by atoms with E-state index in [0.29, 0.717) is 11.8 Å². The minimum absolute atomic E-state index is 0.0436. The molecule has 0 bridgehead atoms. The van der Waals surface area contributed by atoms with E-state index in [4.69, 9.17) is 4.74 Å². The molecular formula is C11H15NO2S. The van der Waals surface area contributed by atoms with Gasteiger partial charge < -0.3 is 4.74 Å². The number of rotatable bonds is 3. The van der Waals surface area contributed by atoms with Crippen molar-refractivity contribution in [3.63, 3.8) is 0 Å². The van der Waals surface area contributed by atoms with Gasteiger partial charge in [-0.25, -0.2) is 4.98 Å². The predicted octanol–water partition coefficient (Wildman–Crippen LogP) is 2.46. The topological polar surface area (TPSA) is 39.2 Å². The summed E-state index contributed by atoms with van der Waals surface area (Å²) in [5, 5.41) is 2.85. The maximum absolute atomic E-state index is 11.1. The van der Waals surface area contributed by atoms with Crippen LogP contribution < -0.4 is 0 Å². The van der Waals surface area contributed by atoms with E-state index in [2.05, 4.69) is 4.98 Å². The minimum atomic E-state index is 0.0436. The van der Waals surface area contributed by atoms with Crippen LogP contribution in [-0.2, 0) is 11.2 Å². The quantitative estimate of drug-likeness (QED) is 0.742. The maximum Gasteiger partial charge on any atom is 0.178 e. The van der Waals surface area contributed by atoms with Crippen LogP contribution in [0.1, 0.15) is 41.7 Å². The second-order valence-corrected chi connectivity index (χ2v) is 4.82. The lowest BCUT2D eigenvalue weighted by Crippen LogP contribution is -2.21. The highest BCUT2D eigenvalue weighted by atomic mass is 32.1. The van der Waals surface area contributed by atoms with E-state index in [9.17, 15) is 4.79 Å². The van der Waals surface area contributed by atoms with E-state index in [0.717, 1.165) is 24.5 Å². The van der Waals surface area contributed by atoms with Gasteiger partial charge in [0, 0.05) is 25.3 Å². The molecule has 1 fully saturated rings. The molecule has 82 valence electrons. The molecule has 0 aromatic carbocycles. The van der Waals surface area contributed by atoms with Gasteiger partial charge in [-0.3, -0.25) is 4.79 Å². The molecule has 1 saturated heterocycles. The molecule has 0 N–H and O–H groups in total. The normalized spacial score (nSPS) is 21.5. The van der Waals surface area contributed by atoms with Gasteiger partial charge in [-0.2, -0.15) is 0 Å². The fourth-order valence-electron chi connectivity index (χ4n) is 1.73. The molecule has 0 saturated carbocycles. The number of aromatic nitrogens is 1. The van der Waals surface area contributed by atoms with Crippen LogP contribution in [0.5, 0.6) is 0 Å². The lowest BCUT2D eigenvalue weighted by atomic mass is 10.1. The van der Waals surface area contributed by atoms with Crippen molar-refractivity contribution in [3.05, 3.63) is 16.1 Å². The number of nitrogens with zero attached hydrogens (tertiary/aromatic N) is 1. The van der Waals surface area contributed by atoms with Crippen LogP contribution in [0.25, 0.3) is 0 Å². The van der Waals surface area contributed by atoms with Gasteiger partial charge in [-0.05, 0) is 19.3 Å². The molecular weight excluding hydrogens is 210 g/mol. The molecule has 1 aromatic rings. The zero-order valence-electron chi connectivity index (χ0n) is 8.86. The number of carbonyl (C=O) groups excluding carboxylic acids is 1. The van der Waals surface area contributed by atoms with Crippen molar-refractivity contribution in [1.82, 2.24) is 4.98 Å². The standard InChI is InChI=1S/C11H15NO2S/c1-8(13)10-7-15-11(12-10)6-9-4-2-3-5-14-9/h7,9H,2-6H2,1H3. The maximum atomic E-state index is 11.1. The number of ketones is 1. The first-order valence-electron chi connectivity index (χ1n) is 5.32. The molecule has 0 spiro atoms. The Hall–Kier alpha value is -0.740. The minimum Gasteiger partial charge on any atom is -0.378 e. The lowest BCUT2D eigenvalue weighted by molar-refractivity contribution is 0.0167. The molecule has 0 amide bonds. The highest BCUT2D eigenvalue weighted by molar-refractivity contribution is 7.09. The Kier molecular flexibility index (Phi) is 3.49. The summed E-state index contributed by atoms with van der Waals surface area (Å²) in [6.45, 7) is 2.42. The second-order valence-electron chi connectivity index (χ2n) is 3.88. The monoisotopic (exact) mass is 225 g/mol. The molecule has 0 aliphatic carbocycles. The van der Waals surface area contributed by atoms with Gasteiger partial charge in [-0.15, -0.1) is 11.3 Å². The van der Waals surface area contributed by atoms with Crippen molar-refractivity contribution in [2.24, 2.45) is 0 Å². The average molecular weight is 225 g/mol. The third-order valence-electron chi connectivity index (χ3n) is 2.59. The van der Waals surface area contributed by atoms with Crippen LogP contribution >= 0.6 is 11.3 Å². The molecule has 1 aromatic heterocycles. The van der Waals surface area contributed by atoms with E-state index in [-0.39, 0.29) is 5.78 Å². The van der Waals surface area contributed by atoms with Gasteiger partial charge in [0.1, 0.15) is 5.69 Å². The van der Waals surface area contributed by atoms with E-state index in [1.165, 1.54) is 12.8 Å². The summed E-state index contributed by atoms with van der Waals surface area (Å²) >= 11 is 1.56. The number of thiazole rings is 1. The molecule has 1 atom stereocenters. The Morgan fingerprint density at radius 1 is 1.67 bits per heavy atom. The number of carbonyl (C=O) groups is 1. The summed E-state index contributed by atoms with van der Waals surface area (Å²) in [6.07, 6.45) is 4.71. The lowest BCUT2D eigenvalue weighted by Gasteiger charge is -2.21. The molecule has 15 heavy (non-hydrogen) atoms. The molecule has 4 heteroatoms. The van der Waals surface area contributed by atoms with E-state index in [1.807, 2.05) is 5.38 Å². The molecule has 2 rings (SSSR count). The average Bonchev–Trinajstić information content (AvgIpc) is 2.68. The third kappa shape index (κ3) is 2.86. The van der Waals surface area contributed by atoms with Crippen molar-refractivity contribution in [2.45, 2.75) is 38.7 Å². The SMILES string of the molecule is CC(=O)c1csc(CC2CCCCO2)n1. The van der Waals surface area contributed by atoms with Crippen molar-refractivity contribution in [2.75, 3.05) is 6.61 Å². The Labute approximate surface area is 93.5 Å². The van der Waals surface area contributed by atoms with E-state index >= 15 is 0 Å². The number of hydrogen-bond acceptors (Lipinski definition) is 4.